The minimum Gasteiger partial charge on any atom is -0.399 e. The van der Waals surface area contributed by atoms with Crippen molar-refractivity contribution < 1.29 is 4.79 Å². The number of carbonyl (C=O) groups excluding carboxylic acids is 1. The van der Waals surface area contributed by atoms with Gasteiger partial charge in [-0.15, -0.1) is 36.2 Å². The Bertz CT molecular complexity index is 629. The number of hydrogen-bond donors (Lipinski definition) is 2. The molecule has 1 aromatic carbocycles. The van der Waals surface area contributed by atoms with Gasteiger partial charge in [-0.3, -0.25) is 4.79 Å². The fourth-order valence-corrected chi connectivity index (χ4v) is 2.70. The lowest BCUT2D eigenvalue weighted by Gasteiger charge is -2.07. The van der Waals surface area contributed by atoms with E-state index in [1.54, 1.807) is 23.5 Å². The van der Waals surface area contributed by atoms with Crippen LogP contribution in [0.5, 0.6) is 0 Å². The largest absolute Gasteiger partial charge is 0.399 e. The minimum absolute atomic E-state index is 0. The number of halogens is 2. The zero-order valence-corrected chi connectivity index (χ0v) is 15.2. The zero-order valence-electron chi connectivity index (χ0n) is 12.8. The van der Waals surface area contributed by atoms with Crippen LogP contribution in [0.1, 0.15) is 46.4 Å². The highest BCUT2D eigenvalue weighted by Crippen LogP contribution is 2.18. The highest BCUT2D eigenvalue weighted by Gasteiger charge is 2.11. The zero-order chi connectivity index (χ0) is 14.7. The lowest BCUT2D eigenvalue weighted by Crippen LogP contribution is -2.23. The lowest BCUT2D eigenvalue weighted by atomic mass is 10.1. The SMILES string of the molecule is Cc1ccc(N)cc1C(=O)NCc1nc(C(C)C)cs1.Cl.Cl. The van der Waals surface area contributed by atoms with Crippen molar-refractivity contribution in [3.8, 4) is 0 Å². The highest BCUT2D eigenvalue weighted by molar-refractivity contribution is 7.09. The van der Waals surface area contributed by atoms with E-state index in [1.165, 1.54) is 0 Å². The van der Waals surface area contributed by atoms with Crippen molar-refractivity contribution in [1.29, 1.82) is 0 Å². The maximum atomic E-state index is 12.1. The Morgan fingerprint density at radius 2 is 2.05 bits per heavy atom. The van der Waals surface area contributed by atoms with E-state index in [0.29, 0.717) is 23.7 Å². The van der Waals surface area contributed by atoms with Crippen LogP contribution in [0.3, 0.4) is 0 Å². The molecule has 0 saturated carbocycles. The molecule has 22 heavy (non-hydrogen) atoms. The molecule has 0 spiro atoms. The predicted octanol–water partition coefficient (Wildman–Crippen LogP) is 3.93. The van der Waals surface area contributed by atoms with Crippen LogP contribution in [0, 0.1) is 6.92 Å². The Balaban J connectivity index is 0.00000220. The quantitative estimate of drug-likeness (QED) is 0.810. The number of nitrogen functional groups attached to an aromatic ring is 1. The van der Waals surface area contributed by atoms with Gasteiger partial charge in [0.05, 0.1) is 12.2 Å². The van der Waals surface area contributed by atoms with Crippen LogP contribution in [0.2, 0.25) is 0 Å². The van der Waals surface area contributed by atoms with Gasteiger partial charge in [0, 0.05) is 16.6 Å². The van der Waals surface area contributed by atoms with Crippen molar-refractivity contribution >= 4 is 47.7 Å². The molecule has 0 fully saturated rings. The third-order valence-electron chi connectivity index (χ3n) is 3.07. The van der Waals surface area contributed by atoms with E-state index in [1.807, 2.05) is 18.4 Å². The Hall–Kier alpha value is -1.30. The molecule has 0 atom stereocenters. The molecule has 0 aliphatic carbocycles. The molecule has 7 heteroatoms. The number of nitrogens with zero attached hydrogens (tertiary/aromatic N) is 1. The summed E-state index contributed by atoms with van der Waals surface area (Å²) in [5.74, 6) is 0.294. The van der Waals surface area contributed by atoms with E-state index in [2.05, 4.69) is 24.1 Å². The number of carbonyl (C=O) groups is 1. The number of aryl methyl sites for hydroxylation is 1. The third kappa shape index (κ3) is 5.16. The fourth-order valence-electron chi connectivity index (χ4n) is 1.81. The minimum atomic E-state index is -0.115. The molecule has 0 aliphatic rings. The summed E-state index contributed by atoms with van der Waals surface area (Å²) in [5, 5.41) is 5.85. The molecule has 2 aromatic rings. The van der Waals surface area contributed by atoms with E-state index in [-0.39, 0.29) is 30.7 Å². The number of nitrogens with two attached hydrogens (primary N) is 1. The second kappa shape index (κ2) is 8.98. The van der Waals surface area contributed by atoms with Crippen LogP contribution in [-0.2, 0) is 6.54 Å². The average molecular weight is 362 g/mol. The van der Waals surface area contributed by atoms with Crippen LogP contribution < -0.4 is 11.1 Å². The fraction of sp³-hybridized carbons (Fsp3) is 0.333. The standard InChI is InChI=1S/C15H19N3OS.2ClH/c1-9(2)13-8-20-14(18-13)7-17-15(19)12-6-11(16)5-4-10(12)3;;/h4-6,8-9H,7,16H2,1-3H3,(H,17,19);2*1H. The first-order valence-electron chi connectivity index (χ1n) is 6.56. The summed E-state index contributed by atoms with van der Waals surface area (Å²) in [5.41, 5.74) is 8.91. The second-order valence-corrected chi connectivity index (χ2v) is 6.02. The monoisotopic (exact) mass is 361 g/mol. The van der Waals surface area contributed by atoms with Gasteiger partial charge in [0.15, 0.2) is 0 Å². The summed E-state index contributed by atoms with van der Waals surface area (Å²) in [4.78, 5) is 16.6. The molecule has 0 radical (unpaired) electrons. The van der Waals surface area contributed by atoms with Crippen LogP contribution in [0.15, 0.2) is 23.6 Å². The van der Waals surface area contributed by atoms with Gasteiger partial charge in [0.1, 0.15) is 5.01 Å². The maximum absolute atomic E-state index is 12.1. The Morgan fingerprint density at radius 1 is 1.36 bits per heavy atom. The molecular formula is C15H21Cl2N3OS. The number of amides is 1. The number of anilines is 1. The number of benzene rings is 1. The molecule has 0 bridgehead atoms. The maximum Gasteiger partial charge on any atom is 0.251 e. The van der Waals surface area contributed by atoms with Crippen molar-refractivity contribution in [3.05, 3.63) is 45.4 Å². The van der Waals surface area contributed by atoms with E-state index < -0.39 is 0 Å². The van der Waals surface area contributed by atoms with Crippen LogP contribution in [-0.4, -0.2) is 10.9 Å². The van der Waals surface area contributed by atoms with Gasteiger partial charge < -0.3 is 11.1 Å². The van der Waals surface area contributed by atoms with E-state index in [0.717, 1.165) is 16.3 Å². The van der Waals surface area contributed by atoms with Gasteiger partial charge in [-0.2, -0.15) is 0 Å². The van der Waals surface area contributed by atoms with Gasteiger partial charge in [0.2, 0.25) is 0 Å². The lowest BCUT2D eigenvalue weighted by molar-refractivity contribution is 0.0950. The first-order chi connectivity index (χ1) is 9.47. The number of aromatic nitrogens is 1. The molecule has 0 unspecified atom stereocenters. The Labute approximate surface area is 147 Å². The van der Waals surface area contributed by atoms with Crippen LogP contribution in [0.4, 0.5) is 5.69 Å². The number of hydrogen-bond acceptors (Lipinski definition) is 4. The molecule has 4 nitrogen and oxygen atoms in total. The number of rotatable bonds is 4. The smallest absolute Gasteiger partial charge is 0.251 e. The van der Waals surface area contributed by atoms with Crippen LogP contribution in [0.25, 0.3) is 0 Å². The first kappa shape index (κ1) is 20.7. The molecule has 1 aromatic heterocycles. The average Bonchev–Trinajstić information content (AvgIpc) is 2.88. The topological polar surface area (TPSA) is 68.0 Å². The van der Waals surface area contributed by atoms with Crippen molar-refractivity contribution in [2.24, 2.45) is 0 Å². The highest BCUT2D eigenvalue weighted by atomic mass is 35.5. The van der Waals surface area contributed by atoms with Crippen molar-refractivity contribution in [2.45, 2.75) is 33.2 Å². The predicted molar refractivity (Wildman–Crippen MR) is 97.5 cm³/mol. The van der Waals surface area contributed by atoms with Crippen molar-refractivity contribution in [2.75, 3.05) is 5.73 Å². The molecule has 0 aliphatic heterocycles. The van der Waals surface area contributed by atoms with Gasteiger partial charge in [-0.25, -0.2) is 4.98 Å². The second-order valence-electron chi connectivity index (χ2n) is 5.08. The summed E-state index contributed by atoms with van der Waals surface area (Å²) >= 11 is 1.57. The molecular weight excluding hydrogens is 341 g/mol. The van der Waals surface area contributed by atoms with E-state index >= 15 is 0 Å². The van der Waals surface area contributed by atoms with Crippen LogP contribution >= 0.6 is 36.2 Å². The van der Waals surface area contributed by atoms with Gasteiger partial charge in [-0.05, 0) is 30.5 Å². The normalized spacial score (nSPS) is 9.82. The van der Waals surface area contributed by atoms with Crippen molar-refractivity contribution in [3.63, 3.8) is 0 Å². The molecule has 1 heterocycles. The Kier molecular flexibility index (Phi) is 8.45. The molecule has 0 saturated heterocycles. The summed E-state index contributed by atoms with van der Waals surface area (Å²) in [6.45, 7) is 6.56. The van der Waals surface area contributed by atoms with Gasteiger partial charge in [0.25, 0.3) is 5.91 Å². The summed E-state index contributed by atoms with van der Waals surface area (Å²) in [7, 11) is 0. The number of nitrogens with one attached hydrogen (secondary N) is 1. The van der Waals surface area contributed by atoms with E-state index in [4.69, 9.17) is 5.73 Å². The van der Waals surface area contributed by atoms with Crippen molar-refractivity contribution in [1.82, 2.24) is 10.3 Å². The number of thiazole rings is 1. The molecule has 3 N–H and O–H groups in total. The summed E-state index contributed by atoms with van der Waals surface area (Å²) < 4.78 is 0. The van der Waals surface area contributed by atoms with Gasteiger partial charge >= 0.3 is 0 Å². The molecule has 122 valence electrons. The summed E-state index contributed by atoms with van der Waals surface area (Å²) in [6.07, 6.45) is 0. The molecule has 1 amide bonds. The van der Waals surface area contributed by atoms with E-state index in [9.17, 15) is 4.79 Å². The summed E-state index contributed by atoms with van der Waals surface area (Å²) in [6, 6.07) is 5.35. The van der Waals surface area contributed by atoms with Gasteiger partial charge in [-0.1, -0.05) is 19.9 Å². The third-order valence-corrected chi connectivity index (χ3v) is 3.93. The first-order valence-corrected chi connectivity index (χ1v) is 7.44. The molecule has 2 rings (SSSR count). The Morgan fingerprint density at radius 3 is 2.64 bits per heavy atom.